The Bertz CT molecular complexity index is 740. The van der Waals surface area contributed by atoms with Gasteiger partial charge in [-0.2, -0.15) is 0 Å². The number of benzene rings is 3. The molecule has 1 aliphatic heterocycles. The van der Waals surface area contributed by atoms with Crippen molar-refractivity contribution >= 4 is 0 Å². The van der Waals surface area contributed by atoms with Gasteiger partial charge in [0.15, 0.2) is 5.60 Å². The summed E-state index contributed by atoms with van der Waals surface area (Å²) in [5, 5.41) is 0. The number of hydrogen-bond acceptors (Lipinski definition) is 1. The van der Waals surface area contributed by atoms with E-state index in [-0.39, 0.29) is 5.60 Å². The van der Waals surface area contributed by atoms with Crippen molar-refractivity contribution in [2.75, 3.05) is 0 Å². The van der Waals surface area contributed by atoms with E-state index < -0.39 is 5.60 Å². The molecule has 0 saturated carbocycles. The molecule has 1 saturated heterocycles. The summed E-state index contributed by atoms with van der Waals surface area (Å²) in [6.07, 6.45) is 0.931. The van der Waals surface area contributed by atoms with Crippen molar-refractivity contribution in [2.24, 2.45) is 0 Å². The summed E-state index contributed by atoms with van der Waals surface area (Å²) in [7, 11) is 0. The summed E-state index contributed by atoms with van der Waals surface area (Å²) < 4.78 is 6.60. The maximum Gasteiger partial charge on any atom is 0.153 e. The zero-order chi connectivity index (χ0) is 15.8. The third kappa shape index (κ3) is 1.97. The molecule has 1 nitrogen and oxygen atoms in total. The summed E-state index contributed by atoms with van der Waals surface area (Å²) in [6.45, 7) is 2.21. The van der Waals surface area contributed by atoms with Gasteiger partial charge in [0.1, 0.15) is 5.60 Å². The second kappa shape index (κ2) is 5.36. The van der Waals surface area contributed by atoms with E-state index in [2.05, 4.69) is 97.9 Å². The lowest BCUT2D eigenvalue weighted by molar-refractivity contribution is 0.273. The zero-order valence-electron chi connectivity index (χ0n) is 13.3. The van der Waals surface area contributed by atoms with E-state index in [1.165, 1.54) is 16.7 Å². The molecule has 1 heteroatoms. The van der Waals surface area contributed by atoms with Crippen LogP contribution in [0, 0.1) is 0 Å². The summed E-state index contributed by atoms with van der Waals surface area (Å²) in [5.74, 6) is 0. The average molecular weight is 300 g/mol. The fourth-order valence-electron chi connectivity index (χ4n) is 3.83. The molecule has 0 aliphatic carbocycles. The monoisotopic (exact) mass is 300 g/mol. The van der Waals surface area contributed by atoms with Crippen LogP contribution in [0.15, 0.2) is 91.0 Å². The Hall–Kier alpha value is -2.38. The molecule has 0 aromatic heterocycles. The van der Waals surface area contributed by atoms with Crippen LogP contribution < -0.4 is 0 Å². The fraction of sp³-hybridized carbons (Fsp3) is 0.182. The van der Waals surface area contributed by atoms with Crippen LogP contribution in [0.2, 0.25) is 0 Å². The Morgan fingerprint density at radius 3 is 1.39 bits per heavy atom. The molecule has 0 radical (unpaired) electrons. The average Bonchev–Trinajstić information content (AvgIpc) is 3.36. The van der Waals surface area contributed by atoms with E-state index >= 15 is 0 Å². The molecule has 0 N–H and O–H groups in total. The largest absolute Gasteiger partial charge is 0.347 e. The predicted molar refractivity (Wildman–Crippen MR) is 93.2 cm³/mol. The van der Waals surface area contributed by atoms with Gasteiger partial charge in [-0.3, -0.25) is 0 Å². The zero-order valence-corrected chi connectivity index (χ0v) is 13.3. The third-order valence-corrected chi connectivity index (χ3v) is 4.95. The number of hydrogen-bond donors (Lipinski definition) is 0. The Morgan fingerprint density at radius 1 is 0.609 bits per heavy atom. The van der Waals surface area contributed by atoms with E-state index in [0.717, 1.165) is 6.42 Å². The van der Waals surface area contributed by atoms with Crippen molar-refractivity contribution < 1.29 is 4.74 Å². The van der Waals surface area contributed by atoms with Gasteiger partial charge in [0.2, 0.25) is 0 Å². The van der Waals surface area contributed by atoms with E-state index in [1.54, 1.807) is 0 Å². The van der Waals surface area contributed by atoms with E-state index in [9.17, 15) is 0 Å². The van der Waals surface area contributed by atoms with Gasteiger partial charge in [0, 0.05) is 0 Å². The van der Waals surface area contributed by atoms with Crippen LogP contribution in [0.1, 0.15) is 30.0 Å². The lowest BCUT2D eigenvalue weighted by atomic mass is 9.76. The summed E-state index contributed by atoms with van der Waals surface area (Å²) in [6, 6.07) is 31.8. The van der Waals surface area contributed by atoms with Gasteiger partial charge >= 0.3 is 0 Å². The Labute approximate surface area is 137 Å². The molecule has 1 heterocycles. The minimum absolute atomic E-state index is 0.295. The molecule has 1 fully saturated rings. The van der Waals surface area contributed by atoms with Gasteiger partial charge in [0.25, 0.3) is 0 Å². The first-order valence-electron chi connectivity index (χ1n) is 8.20. The SMILES string of the molecule is CCC1(c2ccccc2)OC1(c1ccccc1)c1ccccc1. The molecule has 1 unspecified atom stereocenters. The van der Waals surface area contributed by atoms with Crippen LogP contribution in [-0.4, -0.2) is 0 Å². The predicted octanol–water partition coefficient (Wildman–Crippen LogP) is 5.27. The Morgan fingerprint density at radius 2 is 1.00 bits per heavy atom. The van der Waals surface area contributed by atoms with Crippen molar-refractivity contribution in [3.05, 3.63) is 108 Å². The normalized spacial score (nSPS) is 21.8. The van der Waals surface area contributed by atoms with Gasteiger partial charge in [-0.1, -0.05) is 97.9 Å². The van der Waals surface area contributed by atoms with Crippen LogP contribution >= 0.6 is 0 Å². The fourth-order valence-corrected chi connectivity index (χ4v) is 3.83. The Kier molecular flexibility index (Phi) is 3.32. The summed E-state index contributed by atoms with van der Waals surface area (Å²) in [5.41, 5.74) is 2.99. The Balaban J connectivity index is 1.93. The second-order valence-electron chi connectivity index (χ2n) is 6.06. The van der Waals surface area contributed by atoms with Crippen LogP contribution in [-0.2, 0) is 15.9 Å². The number of rotatable bonds is 4. The first kappa shape index (κ1) is 14.2. The maximum atomic E-state index is 6.60. The summed E-state index contributed by atoms with van der Waals surface area (Å²) >= 11 is 0. The summed E-state index contributed by atoms with van der Waals surface area (Å²) in [4.78, 5) is 0. The number of epoxide rings is 1. The van der Waals surface area contributed by atoms with Crippen LogP contribution in [0.4, 0.5) is 0 Å². The highest BCUT2D eigenvalue weighted by Crippen LogP contribution is 2.67. The van der Waals surface area contributed by atoms with Crippen LogP contribution in [0.3, 0.4) is 0 Å². The van der Waals surface area contributed by atoms with E-state index in [4.69, 9.17) is 4.74 Å². The van der Waals surface area contributed by atoms with E-state index in [1.807, 2.05) is 0 Å². The van der Waals surface area contributed by atoms with Crippen molar-refractivity contribution in [1.82, 2.24) is 0 Å². The minimum Gasteiger partial charge on any atom is -0.347 e. The molecule has 0 spiro atoms. The number of ether oxygens (including phenoxy) is 1. The standard InChI is InChI=1S/C22H20O/c1-2-21(18-12-6-3-7-13-18)22(23-21,19-14-8-4-9-15-19)20-16-10-5-11-17-20/h3-17H,2H2,1H3. The van der Waals surface area contributed by atoms with Gasteiger partial charge in [-0.15, -0.1) is 0 Å². The highest BCUT2D eigenvalue weighted by atomic mass is 16.6. The van der Waals surface area contributed by atoms with Crippen molar-refractivity contribution in [1.29, 1.82) is 0 Å². The lowest BCUT2D eigenvalue weighted by Crippen LogP contribution is -2.23. The van der Waals surface area contributed by atoms with Gasteiger partial charge in [0.05, 0.1) is 0 Å². The highest BCUT2D eigenvalue weighted by Gasteiger charge is 2.71. The van der Waals surface area contributed by atoms with Gasteiger partial charge in [-0.05, 0) is 23.1 Å². The van der Waals surface area contributed by atoms with E-state index in [0.29, 0.717) is 0 Å². The molecular formula is C22H20O. The minimum atomic E-state index is -0.397. The molecular weight excluding hydrogens is 280 g/mol. The molecule has 0 amide bonds. The molecule has 1 aliphatic rings. The van der Waals surface area contributed by atoms with Crippen LogP contribution in [0.25, 0.3) is 0 Å². The van der Waals surface area contributed by atoms with Crippen LogP contribution in [0.5, 0.6) is 0 Å². The molecule has 3 aromatic rings. The molecule has 4 rings (SSSR count). The smallest absolute Gasteiger partial charge is 0.153 e. The van der Waals surface area contributed by atoms with Gasteiger partial charge in [-0.25, -0.2) is 0 Å². The van der Waals surface area contributed by atoms with Gasteiger partial charge < -0.3 is 4.74 Å². The molecule has 1 atom stereocenters. The first-order valence-corrected chi connectivity index (χ1v) is 8.20. The maximum absolute atomic E-state index is 6.60. The van der Waals surface area contributed by atoms with Crippen molar-refractivity contribution in [2.45, 2.75) is 24.5 Å². The quantitative estimate of drug-likeness (QED) is 0.598. The van der Waals surface area contributed by atoms with Crippen molar-refractivity contribution in [3.63, 3.8) is 0 Å². The van der Waals surface area contributed by atoms with Crippen molar-refractivity contribution in [3.8, 4) is 0 Å². The third-order valence-electron chi connectivity index (χ3n) is 4.95. The molecule has 0 bridgehead atoms. The molecule has 23 heavy (non-hydrogen) atoms. The first-order chi connectivity index (χ1) is 11.3. The lowest BCUT2D eigenvalue weighted by Gasteiger charge is -2.21. The second-order valence-corrected chi connectivity index (χ2v) is 6.06. The molecule has 114 valence electrons. The topological polar surface area (TPSA) is 12.5 Å². The molecule has 3 aromatic carbocycles. The highest BCUT2D eigenvalue weighted by molar-refractivity contribution is 5.50.